The van der Waals surface area contributed by atoms with E-state index >= 15 is 0 Å². The molecule has 176 valence electrons. The first-order valence-corrected chi connectivity index (χ1v) is 10.8. The fraction of sp³-hybridized carbons (Fsp3) is 0.120. The Labute approximate surface area is 198 Å². The molecule has 0 aliphatic carbocycles. The molecule has 5 aromatic rings. The number of nitrogens with zero attached hydrogens (tertiary/aromatic N) is 5. The molecule has 0 spiro atoms. The van der Waals surface area contributed by atoms with Crippen LogP contribution in [0.2, 0.25) is 0 Å². The lowest BCUT2D eigenvalue weighted by atomic mass is 10.1. The molecule has 0 amide bonds. The quantitative estimate of drug-likeness (QED) is 0.342. The topological polar surface area (TPSA) is 94.0 Å². The minimum Gasteiger partial charge on any atom is -0.384 e. The number of alkyl halides is 3. The SMILES string of the molecule is CC(Nc1nccc(-c2c(-c3ccc(C(F)(F)F)cc3)nc3nc(N)ccn23)n1)c1ccccc1. The number of hydrogen-bond acceptors (Lipinski definition) is 6. The lowest BCUT2D eigenvalue weighted by molar-refractivity contribution is -0.137. The molecule has 0 fully saturated rings. The normalized spacial score (nSPS) is 12.6. The maximum atomic E-state index is 13.1. The fourth-order valence-electron chi connectivity index (χ4n) is 3.79. The first kappa shape index (κ1) is 22.3. The van der Waals surface area contributed by atoms with Crippen LogP contribution < -0.4 is 11.1 Å². The van der Waals surface area contributed by atoms with Crippen molar-refractivity contribution in [3.8, 4) is 22.6 Å². The first-order valence-electron chi connectivity index (χ1n) is 10.8. The summed E-state index contributed by atoms with van der Waals surface area (Å²) in [6, 6.07) is 18.0. The van der Waals surface area contributed by atoms with Crippen LogP contribution in [0.3, 0.4) is 0 Å². The molecule has 7 nitrogen and oxygen atoms in total. The highest BCUT2D eigenvalue weighted by Gasteiger charge is 2.30. The molecule has 1 unspecified atom stereocenters. The van der Waals surface area contributed by atoms with Crippen molar-refractivity contribution in [2.45, 2.75) is 19.1 Å². The van der Waals surface area contributed by atoms with E-state index in [2.05, 4.69) is 25.3 Å². The number of nitrogens with one attached hydrogen (secondary N) is 1. The third kappa shape index (κ3) is 4.50. The van der Waals surface area contributed by atoms with E-state index in [9.17, 15) is 13.2 Å². The molecule has 2 aromatic carbocycles. The van der Waals surface area contributed by atoms with Crippen LogP contribution >= 0.6 is 0 Å². The summed E-state index contributed by atoms with van der Waals surface area (Å²) < 4.78 is 40.9. The van der Waals surface area contributed by atoms with E-state index in [4.69, 9.17) is 5.73 Å². The van der Waals surface area contributed by atoms with Gasteiger partial charge in [-0.15, -0.1) is 0 Å². The molecule has 3 aromatic heterocycles. The van der Waals surface area contributed by atoms with Gasteiger partial charge >= 0.3 is 6.18 Å². The Kier molecular flexibility index (Phi) is 5.56. The number of anilines is 2. The van der Waals surface area contributed by atoms with Gasteiger partial charge in [0.25, 0.3) is 0 Å². The molecule has 3 N–H and O–H groups in total. The largest absolute Gasteiger partial charge is 0.416 e. The summed E-state index contributed by atoms with van der Waals surface area (Å²) in [6.45, 7) is 2.00. The van der Waals surface area contributed by atoms with E-state index in [1.165, 1.54) is 12.1 Å². The van der Waals surface area contributed by atoms with E-state index in [1.54, 1.807) is 28.9 Å². The predicted octanol–water partition coefficient (Wildman–Crippen LogP) is 5.63. The van der Waals surface area contributed by atoms with E-state index in [-0.39, 0.29) is 11.9 Å². The Morgan fingerprint density at radius 3 is 2.37 bits per heavy atom. The standard InChI is InChI=1S/C25H20F3N7/c1-15(16-5-3-2-4-6-16)31-23-30-13-11-19(32-23)22-21(34-24-33-20(29)12-14-35(22)24)17-7-9-18(10-8-17)25(26,27)28/h2-15H,1H3,(H2,29,33,34)(H,30,31,32). The molecule has 3 heterocycles. The molecular weight excluding hydrogens is 455 g/mol. The summed E-state index contributed by atoms with van der Waals surface area (Å²) in [5.41, 5.74) is 8.17. The van der Waals surface area contributed by atoms with E-state index in [0.717, 1.165) is 17.7 Å². The van der Waals surface area contributed by atoms with Gasteiger partial charge in [0.2, 0.25) is 11.7 Å². The third-order valence-corrected chi connectivity index (χ3v) is 5.54. The summed E-state index contributed by atoms with van der Waals surface area (Å²) in [7, 11) is 0. The van der Waals surface area contributed by atoms with Crippen LogP contribution in [-0.2, 0) is 6.18 Å². The van der Waals surface area contributed by atoms with Gasteiger partial charge in [-0.05, 0) is 36.8 Å². The average Bonchev–Trinajstić information content (AvgIpc) is 3.23. The first-order chi connectivity index (χ1) is 16.8. The summed E-state index contributed by atoms with van der Waals surface area (Å²) >= 11 is 0. The molecule has 0 saturated heterocycles. The van der Waals surface area contributed by atoms with Crippen molar-refractivity contribution in [2.75, 3.05) is 11.1 Å². The number of nitrogen functional groups attached to an aromatic ring is 1. The Hall–Kier alpha value is -4.47. The summed E-state index contributed by atoms with van der Waals surface area (Å²) in [4.78, 5) is 17.8. The van der Waals surface area contributed by atoms with Crippen LogP contribution in [0.25, 0.3) is 28.4 Å². The van der Waals surface area contributed by atoms with Gasteiger partial charge in [-0.3, -0.25) is 4.40 Å². The molecule has 1 atom stereocenters. The van der Waals surface area contributed by atoms with Crippen molar-refractivity contribution >= 4 is 17.5 Å². The maximum Gasteiger partial charge on any atom is 0.416 e. The zero-order chi connectivity index (χ0) is 24.6. The van der Waals surface area contributed by atoms with Gasteiger partial charge in [-0.25, -0.2) is 15.0 Å². The molecule has 10 heteroatoms. The minimum atomic E-state index is -4.43. The van der Waals surface area contributed by atoms with Crippen LogP contribution in [0.1, 0.15) is 24.1 Å². The second-order valence-corrected chi connectivity index (χ2v) is 7.95. The Morgan fingerprint density at radius 1 is 0.914 bits per heavy atom. The lowest BCUT2D eigenvalue weighted by Crippen LogP contribution is -2.09. The summed E-state index contributed by atoms with van der Waals surface area (Å²) in [5, 5.41) is 3.29. The fourth-order valence-corrected chi connectivity index (χ4v) is 3.79. The molecule has 0 bridgehead atoms. The Morgan fingerprint density at radius 2 is 1.66 bits per heavy atom. The monoisotopic (exact) mass is 475 g/mol. The van der Waals surface area contributed by atoms with Crippen LogP contribution in [0.15, 0.2) is 79.1 Å². The maximum absolute atomic E-state index is 13.1. The molecule has 0 saturated carbocycles. The van der Waals surface area contributed by atoms with E-state index in [1.807, 2.05) is 37.3 Å². The van der Waals surface area contributed by atoms with Crippen molar-refractivity contribution < 1.29 is 13.2 Å². The molecule has 35 heavy (non-hydrogen) atoms. The van der Waals surface area contributed by atoms with Gasteiger partial charge in [0.05, 0.1) is 17.3 Å². The van der Waals surface area contributed by atoms with E-state index < -0.39 is 11.7 Å². The average molecular weight is 475 g/mol. The van der Waals surface area contributed by atoms with Crippen molar-refractivity contribution in [3.63, 3.8) is 0 Å². The van der Waals surface area contributed by atoms with Gasteiger partial charge in [-0.2, -0.15) is 18.2 Å². The minimum absolute atomic E-state index is 0.0514. The zero-order valence-electron chi connectivity index (χ0n) is 18.5. The molecule has 0 aliphatic rings. The van der Waals surface area contributed by atoms with Crippen LogP contribution in [-0.4, -0.2) is 24.3 Å². The number of fused-ring (bicyclic) bond motifs is 1. The summed E-state index contributed by atoms with van der Waals surface area (Å²) in [5.74, 6) is 0.978. The summed E-state index contributed by atoms with van der Waals surface area (Å²) in [6.07, 6.45) is -1.11. The van der Waals surface area contributed by atoms with Gasteiger partial charge < -0.3 is 11.1 Å². The highest BCUT2D eigenvalue weighted by molar-refractivity contribution is 5.80. The number of imidazole rings is 1. The smallest absolute Gasteiger partial charge is 0.384 e. The molecule has 5 rings (SSSR count). The number of rotatable bonds is 5. The zero-order valence-corrected chi connectivity index (χ0v) is 18.5. The Balaban J connectivity index is 1.59. The number of hydrogen-bond donors (Lipinski definition) is 2. The van der Waals surface area contributed by atoms with Crippen LogP contribution in [0.5, 0.6) is 0 Å². The van der Waals surface area contributed by atoms with Crippen molar-refractivity contribution in [1.82, 2.24) is 24.3 Å². The van der Waals surface area contributed by atoms with Crippen LogP contribution in [0, 0.1) is 0 Å². The molecular formula is C25H20F3N7. The third-order valence-electron chi connectivity index (χ3n) is 5.54. The lowest BCUT2D eigenvalue weighted by Gasteiger charge is -2.15. The Bertz CT molecular complexity index is 1480. The van der Waals surface area contributed by atoms with E-state index in [0.29, 0.717) is 34.4 Å². The predicted molar refractivity (Wildman–Crippen MR) is 127 cm³/mol. The second kappa shape index (κ2) is 8.71. The molecule has 0 aliphatic heterocycles. The van der Waals surface area contributed by atoms with Gasteiger partial charge in [0.1, 0.15) is 17.2 Å². The van der Waals surface area contributed by atoms with Gasteiger partial charge in [0, 0.05) is 18.0 Å². The molecule has 0 radical (unpaired) electrons. The van der Waals surface area contributed by atoms with Crippen molar-refractivity contribution in [3.05, 3.63) is 90.3 Å². The highest BCUT2D eigenvalue weighted by Crippen LogP contribution is 2.35. The number of benzene rings is 2. The second-order valence-electron chi connectivity index (χ2n) is 7.95. The van der Waals surface area contributed by atoms with Gasteiger partial charge in [-0.1, -0.05) is 42.5 Å². The van der Waals surface area contributed by atoms with Crippen molar-refractivity contribution in [1.29, 1.82) is 0 Å². The number of aromatic nitrogens is 5. The van der Waals surface area contributed by atoms with Crippen molar-refractivity contribution in [2.24, 2.45) is 0 Å². The number of nitrogens with two attached hydrogens (primary N) is 1. The number of halogens is 3. The highest BCUT2D eigenvalue weighted by atomic mass is 19.4. The van der Waals surface area contributed by atoms with Gasteiger partial charge in [0.15, 0.2) is 0 Å². The van der Waals surface area contributed by atoms with Crippen LogP contribution in [0.4, 0.5) is 24.9 Å².